The van der Waals surface area contributed by atoms with Gasteiger partial charge in [0.1, 0.15) is 5.82 Å². The normalized spacial score (nSPS) is 13.4. The molecule has 0 fully saturated rings. The largest absolute Gasteiger partial charge is 0.419 e. The number of hydrogen-bond donors (Lipinski definition) is 1. The SMILES string of the molecule is Cn1nccc1CCC(N)c1ccc(F)c(C(F)(F)F)c1. The Balaban J connectivity index is 2.12. The van der Waals surface area contributed by atoms with Gasteiger partial charge < -0.3 is 5.73 Å². The molecule has 0 radical (unpaired) electrons. The van der Waals surface area contributed by atoms with Crippen molar-refractivity contribution in [2.45, 2.75) is 25.1 Å². The lowest BCUT2D eigenvalue weighted by atomic mass is 9.99. The Morgan fingerprint density at radius 2 is 2.00 bits per heavy atom. The van der Waals surface area contributed by atoms with Gasteiger partial charge in [0.15, 0.2) is 0 Å². The van der Waals surface area contributed by atoms with Gasteiger partial charge in [0.05, 0.1) is 5.56 Å². The van der Waals surface area contributed by atoms with Gasteiger partial charge >= 0.3 is 6.18 Å². The lowest BCUT2D eigenvalue weighted by molar-refractivity contribution is -0.140. The maximum absolute atomic E-state index is 13.2. The number of alkyl halides is 3. The third-order valence-electron chi connectivity index (χ3n) is 3.36. The Kier molecular flexibility index (Phi) is 4.32. The molecule has 0 aliphatic rings. The molecule has 1 heterocycles. The fraction of sp³-hybridized carbons (Fsp3) is 0.357. The number of benzene rings is 1. The van der Waals surface area contributed by atoms with Crippen molar-refractivity contribution >= 4 is 0 Å². The maximum atomic E-state index is 13.2. The fourth-order valence-electron chi connectivity index (χ4n) is 2.11. The summed E-state index contributed by atoms with van der Waals surface area (Å²) in [5, 5.41) is 4.00. The quantitative estimate of drug-likeness (QED) is 0.881. The van der Waals surface area contributed by atoms with E-state index in [1.54, 1.807) is 17.9 Å². The van der Waals surface area contributed by atoms with Crippen molar-refractivity contribution in [1.82, 2.24) is 9.78 Å². The van der Waals surface area contributed by atoms with Crippen LogP contribution in [-0.2, 0) is 19.6 Å². The summed E-state index contributed by atoms with van der Waals surface area (Å²) in [6.45, 7) is 0. The fourth-order valence-corrected chi connectivity index (χ4v) is 2.11. The summed E-state index contributed by atoms with van der Waals surface area (Å²) in [7, 11) is 1.78. The molecule has 0 bridgehead atoms. The van der Waals surface area contributed by atoms with Crippen molar-refractivity contribution < 1.29 is 17.6 Å². The lowest BCUT2D eigenvalue weighted by Crippen LogP contribution is -2.15. The molecule has 0 aliphatic carbocycles. The summed E-state index contributed by atoms with van der Waals surface area (Å²) < 4.78 is 52.9. The van der Waals surface area contributed by atoms with Crippen LogP contribution in [0.4, 0.5) is 17.6 Å². The van der Waals surface area contributed by atoms with E-state index in [2.05, 4.69) is 5.10 Å². The molecular formula is C14H15F4N3. The first-order chi connectivity index (χ1) is 9.79. The summed E-state index contributed by atoms with van der Waals surface area (Å²) in [6, 6.07) is 4.10. The average molecular weight is 301 g/mol. The molecule has 0 aliphatic heterocycles. The lowest BCUT2D eigenvalue weighted by Gasteiger charge is -2.15. The molecule has 0 amide bonds. The second kappa shape index (κ2) is 5.85. The average Bonchev–Trinajstić information content (AvgIpc) is 2.80. The number of nitrogens with two attached hydrogens (primary N) is 1. The summed E-state index contributed by atoms with van der Waals surface area (Å²) in [4.78, 5) is 0. The van der Waals surface area contributed by atoms with Crippen LogP contribution in [0.2, 0.25) is 0 Å². The maximum Gasteiger partial charge on any atom is 0.419 e. The van der Waals surface area contributed by atoms with Crippen LogP contribution in [0.5, 0.6) is 0 Å². The standard InChI is InChI=1S/C14H15F4N3/c1-21-10(6-7-20-21)3-5-13(19)9-2-4-12(15)11(8-9)14(16,17)18/h2,4,6-8,13H,3,5,19H2,1H3. The van der Waals surface area contributed by atoms with Gasteiger partial charge in [-0.05, 0) is 36.6 Å². The Bertz CT molecular complexity index is 619. The highest BCUT2D eigenvalue weighted by molar-refractivity contribution is 5.29. The van der Waals surface area contributed by atoms with Gasteiger partial charge in [-0.1, -0.05) is 6.07 Å². The van der Waals surface area contributed by atoms with Crippen LogP contribution in [0.3, 0.4) is 0 Å². The molecule has 2 N–H and O–H groups in total. The smallest absolute Gasteiger partial charge is 0.324 e. The summed E-state index contributed by atoms with van der Waals surface area (Å²) in [5.41, 5.74) is 5.83. The molecule has 0 saturated carbocycles. The third kappa shape index (κ3) is 3.60. The van der Waals surface area contributed by atoms with Gasteiger partial charge in [-0.3, -0.25) is 4.68 Å². The Labute approximate surface area is 119 Å². The summed E-state index contributed by atoms with van der Waals surface area (Å²) in [5.74, 6) is -1.29. The number of halogens is 4. The molecule has 0 spiro atoms. The number of rotatable bonds is 4. The number of aryl methyl sites for hydroxylation is 2. The summed E-state index contributed by atoms with van der Waals surface area (Å²) >= 11 is 0. The minimum absolute atomic E-state index is 0.269. The first-order valence-corrected chi connectivity index (χ1v) is 6.38. The molecular weight excluding hydrogens is 286 g/mol. The van der Waals surface area contributed by atoms with E-state index in [4.69, 9.17) is 5.73 Å². The highest BCUT2D eigenvalue weighted by Gasteiger charge is 2.34. The molecule has 3 nitrogen and oxygen atoms in total. The molecule has 1 atom stereocenters. The first kappa shape index (κ1) is 15.5. The van der Waals surface area contributed by atoms with Gasteiger partial charge in [-0.15, -0.1) is 0 Å². The van der Waals surface area contributed by atoms with Crippen molar-refractivity contribution in [3.63, 3.8) is 0 Å². The highest BCUT2D eigenvalue weighted by Crippen LogP contribution is 2.33. The van der Waals surface area contributed by atoms with Gasteiger partial charge in [-0.2, -0.15) is 18.3 Å². The van der Waals surface area contributed by atoms with E-state index in [1.807, 2.05) is 6.07 Å². The molecule has 2 aromatic rings. The second-order valence-electron chi connectivity index (χ2n) is 4.83. The van der Waals surface area contributed by atoms with E-state index >= 15 is 0 Å². The van der Waals surface area contributed by atoms with Crippen molar-refractivity contribution in [2.75, 3.05) is 0 Å². The Hall–Kier alpha value is -1.89. The molecule has 0 saturated heterocycles. The zero-order valence-electron chi connectivity index (χ0n) is 11.4. The van der Waals surface area contributed by atoms with Crippen LogP contribution in [0, 0.1) is 5.82 Å². The first-order valence-electron chi connectivity index (χ1n) is 6.38. The van der Waals surface area contributed by atoms with Crippen LogP contribution in [0.1, 0.15) is 29.3 Å². The monoisotopic (exact) mass is 301 g/mol. The van der Waals surface area contributed by atoms with E-state index in [9.17, 15) is 17.6 Å². The van der Waals surface area contributed by atoms with Gasteiger partial charge in [0.25, 0.3) is 0 Å². The zero-order valence-corrected chi connectivity index (χ0v) is 11.4. The zero-order chi connectivity index (χ0) is 15.6. The molecule has 1 aromatic heterocycles. The molecule has 114 valence electrons. The van der Waals surface area contributed by atoms with E-state index in [0.29, 0.717) is 12.8 Å². The van der Waals surface area contributed by atoms with Crippen LogP contribution in [0.15, 0.2) is 30.5 Å². The molecule has 21 heavy (non-hydrogen) atoms. The van der Waals surface area contributed by atoms with E-state index in [1.165, 1.54) is 6.07 Å². The predicted molar refractivity (Wildman–Crippen MR) is 69.9 cm³/mol. The molecule has 2 rings (SSSR count). The summed E-state index contributed by atoms with van der Waals surface area (Å²) in [6.07, 6.45) is -2.05. The van der Waals surface area contributed by atoms with Gasteiger partial charge in [0.2, 0.25) is 0 Å². The van der Waals surface area contributed by atoms with Crippen LogP contribution in [-0.4, -0.2) is 9.78 Å². The topological polar surface area (TPSA) is 43.8 Å². The van der Waals surface area contributed by atoms with Crippen LogP contribution in [0.25, 0.3) is 0 Å². The molecule has 1 unspecified atom stereocenters. The predicted octanol–water partition coefficient (Wildman–Crippen LogP) is 3.21. The van der Waals surface area contributed by atoms with Gasteiger partial charge in [0, 0.05) is 25.0 Å². The van der Waals surface area contributed by atoms with Crippen LogP contribution >= 0.6 is 0 Å². The minimum atomic E-state index is -4.72. The molecule has 1 aromatic carbocycles. The number of hydrogen-bond acceptors (Lipinski definition) is 2. The third-order valence-corrected chi connectivity index (χ3v) is 3.36. The minimum Gasteiger partial charge on any atom is -0.324 e. The van der Waals surface area contributed by atoms with Crippen molar-refractivity contribution in [3.8, 4) is 0 Å². The van der Waals surface area contributed by atoms with E-state index in [-0.39, 0.29) is 5.56 Å². The number of aromatic nitrogens is 2. The van der Waals surface area contributed by atoms with E-state index in [0.717, 1.165) is 17.8 Å². The Morgan fingerprint density at radius 1 is 1.29 bits per heavy atom. The molecule has 7 heteroatoms. The second-order valence-corrected chi connectivity index (χ2v) is 4.83. The Morgan fingerprint density at radius 3 is 2.57 bits per heavy atom. The number of nitrogens with zero attached hydrogens (tertiary/aromatic N) is 2. The van der Waals surface area contributed by atoms with Crippen molar-refractivity contribution in [3.05, 3.63) is 53.1 Å². The van der Waals surface area contributed by atoms with Crippen molar-refractivity contribution in [1.29, 1.82) is 0 Å². The van der Waals surface area contributed by atoms with E-state index < -0.39 is 23.6 Å². The van der Waals surface area contributed by atoms with Crippen molar-refractivity contribution in [2.24, 2.45) is 12.8 Å². The van der Waals surface area contributed by atoms with Crippen LogP contribution < -0.4 is 5.73 Å². The van der Waals surface area contributed by atoms with Gasteiger partial charge in [-0.25, -0.2) is 4.39 Å². The highest BCUT2D eigenvalue weighted by atomic mass is 19.4.